The molecule has 0 saturated heterocycles. The lowest BCUT2D eigenvalue weighted by Crippen LogP contribution is -2.50. The van der Waals surface area contributed by atoms with Gasteiger partial charge in [0, 0.05) is 47.7 Å². The molecule has 0 aliphatic heterocycles. The summed E-state index contributed by atoms with van der Waals surface area (Å²) in [5.74, 6) is -1.14. The van der Waals surface area contributed by atoms with E-state index < -0.39 is 5.79 Å². The number of hydrogen-bond acceptors (Lipinski definition) is 5. The van der Waals surface area contributed by atoms with Crippen LogP contribution in [0.5, 0.6) is 0 Å². The van der Waals surface area contributed by atoms with Crippen LogP contribution in [0.3, 0.4) is 0 Å². The number of carbonyl (C=O) groups excluding carboxylic acids is 1. The van der Waals surface area contributed by atoms with Crippen molar-refractivity contribution in [2.45, 2.75) is 188 Å². The van der Waals surface area contributed by atoms with Crippen molar-refractivity contribution < 1.29 is 9.53 Å². The first-order valence-electron chi connectivity index (χ1n) is 18.9. The Hall–Kier alpha value is -2.90. The van der Waals surface area contributed by atoms with Crippen LogP contribution >= 0.6 is 0 Å². The van der Waals surface area contributed by atoms with E-state index in [1.54, 1.807) is 0 Å². The number of carbonyl (C=O) groups is 1. The number of esters is 1. The van der Waals surface area contributed by atoms with E-state index >= 15 is 0 Å². The molecule has 0 N–H and O–H groups in total. The van der Waals surface area contributed by atoms with E-state index in [0.717, 1.165) is 29.9 Å². The Bertz CT molecular complexity index is 1230. The number of hydrogen-bond donors (Lipinski definition) is 0. The van der Waals surface area contributed by atoms with Crippen molar-refractivity contribution in [3.8, 4) is 0 Å². The average Bonchev–Trinajstić information content (AvgIpc) is 3.79. The molecule has 8 nitrogen and oxygen atoms in total. The smallest absolute Gasteiger partial charge is 0.305 e. The van der Waals surface area contributed by atoms with Crippen molar-refractivity contribution in [3.05, 3.63) is 53.9 Å². The largest absolute Gasteiger partial charge is 0.465 e. The van der Waals surface area contributed by atoms with Crippen LogP contribution in [0.2, 0.25) is 0 Å². The Labute approximate surface area is 292 Å². The highest BCUT2D eigenvalue weighted by molar-refractivity contribution is 5.69. The molecule has 48 heavy (non-hydrogen) atoms. The zero-order valence-electron chi connectivity index (χ0n) is 32.3. The van der Waals surface area contributed by atoms with Gasteiger partial charge in [0.2, 0.25) is 0 Å². The topological polar surface area (TPSA) is 79.8 Å². The van der Waals surface area contributed by atoms with E-state index in [-0.39, 0.29) is 28.8 Å². The molecule has 3 aromatic heterocycles. The minimum atomic E-state index is -0.994. The van der Waals surface area contributed by atoms with Gasteiger partial charge in [-0.15, -0.1) is 0 Å². The fraction of sp³-hybridized carbons (Fsp3) is 0.750. The monoisotopic (exact) mass is 665 g/mol. The molecule has 0 fully saturated rings. The highest BCUT2D eigenvalue weighted by Crippen LogP contribution is 2.32. The van der Waals surface area contributed by atoms with Crippen LogP contribution < -0.4 is 0 Å². The number of rotatable bonds is 20. The third-order valence-electron chi connectivity index (χ3n) is 9.36. The van der Waals surface area contributed by atoms with Gasteiger partial charge in [0.15, 0.2) is 0 Å². The molecular weight excluding hydrogens is 596 g/mol. The minimum Gasteiger partial charge on any atom is -0.465 e. The maximum Gasteiger partial charge on any atom is 0.305 e. The molecule has 0 atom stereocenters. The second kappa shape index (κ2) is 17.7. The van der Waals surface area contributed by atoms with Crippen molar-refractivity contribution in [2.75, 3.05) is 6.61 Å². The van der Waals surface area contributed by atoms with Crippen molar-refractivity contribution >= 4 is 5.97 Å². The van der Waals surface area contributed by atoms with Crippen molar-refractivity contribution in [2.24, 2.45) is 0 Å². The summed E-state index contributed by atoms with van der Waals surface area (Å²) >= 11 is 0. The molecule has 0 aliphatic rings. The first-order chi connectivity index (χ1) is 22.6. The lowest BCUT2D eigenvalue weighted by Gasteiger charge is -2.35. The molecule has 0 aromatic carbocycles. The summed E-state index contributed by atoms with van der Waals surface area (Å²) in [7, 11) is 0. The van der Waals surface area contributed by atoms with Crippen molar-refractivity contribution in [1.82, 2.24) is 29.3 Å². The first kappa shape index (κ1) is 39.5. The van der Waals surface area contributed by atoms with Crippen LogP contribution in [0.25, 0.3) is 0 Å². The van der Waals surface area contributed by atoms with Gasteiger partial charge in [-0.2, -0.15) is 15.3 Å². The maximum atomic E-state index is 13.0. The number of nitrogens with zero attached hydrogens (tertiary/aromatic N) is 6. The summed E-state index contributed by atoms with van der Waals surface area (Å²) in [6, 6.07) is 6.20. The number of ether oxygens (including phenoxy) is 1. The van der Waals surface area contributed by atoms with Crippen LogP contribution in [-0.4, -0.2) is 41.9 Å². The molecule has 0 amide bonds. The molecule has 0 aliphatic carbocycles. The molecule has 0 unspecified atom stereocenters. The summed E-state index contributed by atoms with van der Waals surface area (Å²) < 4.78 is 11.8. The highest BCUT2D eigenvalue weighted by atomic mass is 16.5. The van der Waals surface area contributed by atoms with Crippen molar-refractivity contribution in [3.63, 3.8) is 0 Å². The molecule has 270 valence electrons. The normalized spacial score (nSPS) is 13.0. The first-order valence-corrected chi connectivity index (χ1v) is 18.9. The Morgan fingerprint density at radius 2 is 0.896 bits per heavy atom. The van der Waals surface area contributed by atoms with Crippen LogP contribution in [0.4, 0.5) is 0 Å². The number of aromatic nitrogens is 6. The molecule has 3 heterocycles. The fourth-order valence-corrected chi connectivity index (χ4v) is 6.09. The Morgan fingerprint density at radius 3 is 1.21 bits per heavy atom. The van der Waals surface area contributed by atoms with E-state index in [1.807, 2.05) is 32.6 Å². The fourth-order valence-electron chi connectivity index (χ4n) is 6.09. The standard InChI is InChI=1S/C40H68N6O2/c1-11-12-13-14-15-16-17-18-19-20-21-22-23-24-36(47)48-32-28-40(44-29-25-33(41-44)37(2,3)4,45-30-26-34(42-45)38(5,6)7)46-31-27-35(43-46)39(8,9)10/h25-27,29-31H,11-24,28,32H2,1-10H3. The third-order valence-corrected chi connectivity index (χ3v) is 9.36. The summed E-state index contributed by atoms with van der Waals surface area (Å²) in [5, 5.41) is 15.4. The molecule has 3 aromatic rings. The van der Waals surface area contributed by atoms with Gasteiger partial charge in [-0.3, -0.25) is 4.79 Å². The predicted octanol–water partition coefficient (Wildman–Crippen LogP) is 10.3. The van der Waals surface area contributed by atoms with Gasteiger partial charge in [-0.25, -0.2) is 14.0 Å². The summed E-state index contributed by atoms with van der Waals surface area (Å²) in [6.07, 6.45) is 23.6. The average molecular weight is 665 g/mol. The molecule has 8 heteroatoms. The Kier molecular flexibility index (Phi) is 14.6. The molecular formula is C40H68N6O2. The summed E-state index contributed by atoms with van der Waals surface area (Å²) in [4.78, 5) is 13.0. The molecule has 3 rings (SSSR count). The quantitative estimate of drug-likeness (QED) is 0.0887. The maximum absolute atomic E-state index is 13.0. The van der Waals surface area contributed by atoms with E-state index in [1.165, 1.54) is 70.6 Å². The van der Waals surface area contributed by atoms with Gasteiger partial charge in [-0.05, 0) is 24.6 Å². The van der Waals surface area contributed by atoms with Crippen LogP contribution in [0.1, 0.15) is 183 Å². The second-order valence-electron chi connectivity index (χ2n) is 16.9. The van der Waals surface area contributed by atoms with Gasteiger partial charge in [0.25, 0.3) is 5.79 Å². The van der Waals surface area contributed by atoms with Gasteiger partial charge in [0.05, 0.1) is 23.7 Å². The van der Waals surface area contributed by atoms with E-state index in [0.29, 0.717) is 12.8 Å². The SMILES string of the molecule is CCCCCCCCCCCCCCCC(=O)OCCC(n1ccc(C(C)(C)C)n1)(n1ccc(C(C)(C)C)n1)n1ccc(C(C)(C)C)n1. The van der Waals surface area contributed by atoms with E-state index in [2.05, 4.69) is 87.4 Å². The van der Waals surface area contributed by atoms with Crippen LogP contribution in [0.15, 0.2) is 36.8 Å². The van der Waals surface area contributed by atoms with Gasteiger partial charge >= 0.3 is 5.97 Å². The second-order valence-corrected chi connectivity index (χ2v) is 16.9. The van der Waals surface area contributed by atoms with Crippen LogP contribution in [-0.2, 0) is 31.6 Å². The molecule has 0 radical (unpaired) electrons. The van der Waals surface area contributed by atoms with Gasteiger partial charge < -0.3 is 4.74 Å². The van der Waals surface area contributed by atoms with E-state index in [4.69, 9.17) is 20.0 Å². The van der Waals surface area contributed by atoms with E-state index in [9.17, 15) is 4.79 Å². The minimum absolute atomic E-state index is 0.140. The third kappa shape index (κ3) is 11.3. The Morgan fingerprint density at radius 1 is 0.562 bits per heavy atom. The zero-order chi connectivity index (χ0) is 35.4. The van der Waals surface area contributed by atoms with Gasteiger partial charge in [0.1, 0.15) is 0 Å². The molecule has 0 saturated carbocycles. The lowest BCUT2D eigenvalue weighted by molar-refractivity contribution is -0.145. The Balaban J connectivity index is 1.68. The zero-order valence-corrected chi connectivity index (χ0v) is 32.3. The van der Waals surface area contributed by atoms with Crippen molar-refractivity contribution in [1.29, 1.82) is 0 Å². The molecule has 0 bridgehead atoms. The summed E-state index contributed by atoms with van der Waals surface area (Å²) in [5.41, 5.74) is 2.49. The molecule has 0 spiro atoms. The lowest BCUT2D eigenvalue weighted by atomic mass is 9.93. The van der Waals surface area contributed by atoms with Gasteiger partial charge in [-0.1, -0.05) is 146 Å². The highest BCUT2D eigenvalue weighted by Gasteiger charge is 2.41. The van der Waals surface area contributed by atoms with Crippen LogP contribution in [0, 0.1) is 0 Å². The predicted molar refractivity (Wildman–Crippen MR) is 197 cm³/mol. The number of unbranched alkanes of at least 4 members (excludes halogenated alkanes) is 12. The summed E-state index contributed by atoms with van der Waals surface area (Å²) in [6.45, 7) is 22.0.